The van der Waals surface area contributed by atoms with E-state index in [0.717, 1.165) is 17.3 Å². The normalized spacial score (nSPS) is 14.0. The highest BCUT2D eigenvalue weighted by Crippen LogP contribution is 2.25. The van der Waals surface area contributed by atoms with Gasteiger partial charge in [-0.25, -0.2) is 13.6 Å². The number of ether oxygens (including phenoxy) is 1. The van der Waals surface area contributed by atoms with Gasteiger partial charge in [0.1, 0.15) is 11.6 Å². The Morgan fingerprint density at radius 3 is 2.87 bits per heavy atom. The van der Waals surface area contributed by atoms with Gasteiger partial charge in [0, 0.05) is 35.6 Å². The van der Waals surface area contributed by atoms with Crippen LogP contribution in [0.1, 0.15) is 11.3 Å². The molecule has 0 N–H and O–H groups in total. The first-order chi connectivity index (χ1) is 11.0. The number of carbonyl (C=O) groups excluding carboxylic acids is 1. The standard InChI is InChI=1S/C17H14F2N2O2/c1-11-13(10-21-5-2-6-23-17(21)22)7-12(9-20-11)15-4-3-14(18)8-16(15)19/h2-4,6-9H,5,10H2,1H3. The number of cyclic esters (lactones) is 1. The minimum absolute atomic E-state index is 0.265. The Kier molecular flexibility index (Phi) is 4.06. The molecule has 0 atom stereocenters. The molecule has 0 radical (unpaired) electrons. The maximum Gasteiger partial charge on any atom is 0.415 e. The number of hydrogen-bond donors (Lipinski definition) is 0. The summed E-state index contributed by atoms with van der Waals surface area (Å²) < 4.78 is 31.8. The van der Waals surface area contributed by atoms with E-state index < -0.39 is 17.7 Å². The van der Waals surface area contributed by atoms with Crippen LogP contribution in [0, 0.1) is 18.6 Å². The molecule has 2 heterocycles. The van der Waals surface area contributed by atoms with Gasteiger partial charge in [0.2, 0.25) is 0 Å². The first-order valence-electron chi connectivity index (χ1n) is 7.06. The van der Waals surface area contributed by atoms with E-state index in [2.05, 4.69) is 4.98 Å². The second-order valence-electron chi connectivity index (χ2n) is 5.23. The number of hydrogen-bond acceptors (Lipinski definition) is 3. The minimum atomic E-state index is -0.651. The summed E-state index contributed by atoms with van der Waals surface area (Å²) in [5, 5.41) is 0. The summed E-state index contributed by atoms with van der Waals surface area (Å²) in [4.78, 5) is 17.4. The summed E-state index contributed by atoms with van der Waals surface area (Å²) in [5.74, 6) is -1.28. The van der Waals surface area contributed by atoms with Crippen molar-refractivity contribution >= 4 is 6.09 Å². The van der Waals surface area contributed by atoms with Gasteiger partial charge in [0.05, 0.1) is 12.8 Å². The van der Waals surface area contributed by atoms with E-state index in [9.17, 15) is 13.6 Å². The van der Waals surface area contributed by atoms with E-state index in [4.69, 9.17) is 4.74 Å². The number of carbonyl (C=O) groups is 1. The lowest BCUT2D eigenvalue weighted by Gasteiger charge is -2.23. The third-order valence-corrected chi connectivity index (χ3v) is 3.64. The van der Waals surface area contributed by atoms with Gasteiger partial charge in [-0.1, -0.05) is 0 Å². The molecule has 4 nitrogen and oxygen atoms in total. The predicted molar refractivity (Wildman–Crippen MR) is 80.4 cm³/mol. The molecule has 0 unspecified atom stereocenters. The summed E-state index contributed by atoms with van der Waals surface area (Å²) in [6, 6.07) is 5.16. The molecule has 0 fully saturated rings. The van der Waals surface area contributed by atoms with Crippen LogP contribution in [0.4, 0.5) is 13.6 Å². The van der Waals surface area contributed by atoms with Gasteiger partial charge in [-0.15, -0.1) is 0 Å². The molecule has 1 aliphatic rings. The highest BCUT2D eigenvalue weighted by Gasteiger charge is 2.18. The van der Waals surface area contributed by atoms with E-state index in [0.29, 0.717) is 18.7 Å². The Morgan fingerprint density at radius 2 is 2.13 bits per heavy atom. The van der Waals surface area contributed by atoms with Crippen LogP contribution in [0.15, 0.2) is 42.8 Å². The van der Waals surface area contributed by atoms with E-state index in [1.807, 2.05) is 6.92 Å². The zero-order chi connectivity index (χ0) is 16.4. The quantitative estimate of drug-likeness (QED) is 0.865. The van der Waals surface area contributed by atoms with E-state index >= 15 is 0 Å². The van der Waals surface area contributed by atoms with Crippen molar-refractivity contribution in [2.45, 2.75) is 13.5 Å². The topological polar surface area (TPSA) is 42.4 Å². The van der Waals surface area contributed by atoms with Gasteiger partial charge in [-0.2, -0.15) is 0 Å². The Morgan fingerprint density at radius 1 is 1.30 bits per heavy atom. The summed E-state index contributed by atoms with van der Waals surface area (Å²) in [7, 11) is 0. The fraction of sp³-hybridized carbons (Fsp3) is 0.176. The van der Waals surface area contributed by atoms with Gasteiger partial charge in [-0.3, -0.25) is 9.88 Å². The van der Waals surface area contributed by atoms with E-state index in [1.54, 1.807) is 12.1 Å². The second-order valence-corrected chi connectivity index (χ2v) is 5.23. The number of benzene rings is 1. The van der Waals surface area contributed by atoms with E-state index in [-0.39, 0.29) is 5.56 Å². The highest BCUT2D eigenvalue weighted by atomic mass is 19.1. The number of pyridine rings is 1. The molecular formula is C17H14F2N2O2. The lowest BCUT2D eigenvalue weighted by Crippen LogP contribution is -2.33. The molecule has 23 heavy (non-hydrogen) atoms. The molecule has 0 saturated heterocycles. The molecule has 1 aromatic heterocycles. The molecule has 0 bridgehead atoms. The fourth-order valence-corrected chi connectivity index (χ4v) is 2.37. The fourth-order valence-electron chi connectivity index (χ4n) is 2.37. The minimum Gasteiger partial charge on any atom is -0.418 e. The van der Waals surface area contributed by atoms with Crippen LogP contribution in [0.25, 0.3) is 11.1 Å². The van der Waals surface area contributed by atoms with Crippen LogP contribution in [-0.4, -0.2) is 22.5 Å². The van der Waals surface area contributed by atoms with Crippen molar-refractivity contribution < 1.29 is 18.3 Å². The molecule has 1 amide bonds. The number of aromatic nitrogens is 1. The number of rotatable bonds is 3. The third-order valence-electron chi connectivity index (χ3n) is 3.64. The van der Waals surface area contributed by atoms with Crippen molar-refractivity contribution in [1.29, 1.82) is 0 Å². The SMILES string of the molecule is Cc1ncc(-c2ccc(F)cc2F)cc1CN1CC=COC1=O. The summed E-state index contributed by atoms with van der Waals surface area (Å²) in [5.41, 5.74) is 2.31. The smallest absolute Gasteiger partial charge is 0.415 e. The van der Waals surface area contributed by atoms with Gasteiger partial charge in [0.25, 0.3) is 0 Å². The molecule has 1 aliphatic heterocycles. The lowest BCUT2D eigenvalue weighted by molar-refractivity contribution is 0.131. The van der Waals surface area contributed by atoms with Crippen LogP contribution in [0.5, 0.6) is 0 Å². The van der Waals surface area contributed by atoms with Crippen molar-refractivity contribution in [1.82, 2.24) is 9.88 Å². The van der Waals surface area contributed by atoms with Crippen molar-refractivity contribution in [3.8, 4) is 11.1 Å². The van der Waals surface area contributed by atoms with Crippen molar-refractivity contribution in [2.24, 2.45) is 0 Å². The van der Waals surface area contributed by atoms with Crippen LogP contribution in [0.2, 0.25) is 0 Å². The van der Waals surface area contributed by atoms with Gasteiger partial charge in [-0.05, 0) is 36.8 Å². The number of aryl methyl sites for hydroxylation is 1. The predicted octanol–water partition coefficient (Wildman–Crippen LogP) is 3.80. The number of amides is 1. The Bertz CT molecular complexity index is 790. The van der Waals surface area contributed by atoms with Crippen LogP contribution >= 0.6 is 0 Å². The van der Waals surface area contributed by atoms with Crippen molar-refractivity contribution in [2.75, 3.05) is 6.54 Å². The third kappa shape index (κ3) is 3.21. The maximum atomic E-state index is 13.9. The largest absolute Gasteiger partial charge is 0.418 e. The molecule has 2 aromatic rings. The molecular weight excluding hydrogens is 302 g/mol. The second kappa shape index (κ2) is 6.16. The first kappa shape index (κ1) is 15.1. The molecule has 6 heteroatoms. The van der Waals surface area contributed by atoms with Crippen LogP contribution in [-0.2, 0) is 11.3 Å². The average molecular weight is 316 g/mol. The molecule has 0 saturated carbocycles. The van der Waals surface area contributed by atoms with Gasteiger partial charge in [0.15, 0.2) is 0 Å². The lowest BCUT2D eigenvalue weighted by atomic mass is 10.0. The maximum absolute atomic E-state index is 13.9. The van der Waals surface area contributed by atoms with E-state index in [1.165, 1.54) is 29.5 Å². The molecule has 118 valence electrons. The number of halogens is 2. The zero-order valence-electron chi connectivity index (χ0n) is 12.4. The Labute approximate surface area is 132 Å². The molecule has 0 spiro atoms. The van der Waals surface area contributed by atoms with Gasteiger partial charge < -0.3 is 4.74 Å². The Balaban J connectivity index is 1.93. The summed E-state index contributed by atoms with van der Waals surface area (Å²) >= 11 is 0. The zero-order valence-corrected chi connectivity index (χ0v) is 12.4. The first-order valence-corrected chi connectivity index (χ1v) is 7.06. The molecule has 3 rings (SSSR count). The Hall–Kier alpha value is -2.76. The summed E-state index contributed by atoms with van der Waals surface area (Å²) in [6.45, 7) is 2.55. The summed E-state index contributed by atoms with van der Waals surface area (Å²) in [6.07, 6.45) is 4.18. The number of nitrogens with zero attached hydrogens (tertiary/aromatic N) is 2. The van der Waals surface area contributed by atoms with Crippen LogP contribution in [0.3, 0.4) is 0 Å². The van der Waals surface area contributed by atoms with Crippen LogP contribution < -0.4 is 0 Å². The highest BCUT2D eigenvalue weighted by molar-refractivity contribution is 5.70. The van der Waals surface area contributed by atoms with Gasteiger partial charge >= 0.3 is 6.09 Å². The monoisotopic (exact) mass is 316 g/mol. The molecule has 1 aromatic carbocycles. The van der Waals surface area contributed by atoms with Crippen molar-refractivity contribution in [3.05, 3.63) is 65.7 Å². The van der Waals surface area contributed by atoms with Crippen molar-refractivity contribution in [3.63, 3.8) is 0 Å². The molecule has 0 aliphatic carbocycles. The average Bonchev–Trinajstić information content (AvgIpc) is 2.52.